The first-order valence-electron chi connectivity index (χ1n) is 9.60. The first kappa shape index (κ1) is 24.2. The van der Waals surface area contributed by atoms with Crippen LogP contribution in [0.4, 0.5) is 4.79 Å². The van der Waals surface area contributed by atoms with Gasteiger partial charge in [0.25, 0.3) is 0 Å². The zero-order chi connectivity index (χ0) is 23.1. The lowest BCUT2D eigenvalue weighted by Gasteiger charge is -2.24. The Morgan fingerprint density at radius 1 is 0.968 bits per heavy atom. The van der Waals surface area contributed by atoms with E-state index in [2.05, 4.69) is 5.32 Å². The molecule has 168 valence electrons. The SMILES string of the molecule is CC(C)(C)OC(=O)[C@H](Cc1ccc(OS(C)(=O)=O)cc1)NC(=O)OCc1ccccc1. The lowest BCUT2D eigenvalue weighted by Crippen LogP contribution is -2.45. The summed E-state index contributed by atoms with van der Waals surface area (Å²) in [5.74, 6) is -0.462. The van der Waals surface area contributed by atoms with Gasteiger partial charge in [0, 0.05) is 6.42 Å². The van der Waals surface area contributed by atoms with Crippen molar-refractivity contribution in [3.8, 4) is 5.75 Å². The van der Waals surface area contributed by atoms with E-state index in [1.807, 2.05) is 30.3 Å². The largest absolute Gasteiger partial charge is 0.458 e. The number of benzene rings is 2. The highest BCUT2D eigenvalue weighted by molar-refractivity contribution is 7.86. The molecule has 0 radical (unpaired) electrons. The first-order chi connectivity index (χ1) is 14.4. The topological polar surface area (TPSA) is 108 Å². The van der Waals surface area contributed by atoms with E-state index in [0.717, 1.165) is 11.8 Å². The molecular formula is C22H27NO7S. The number of ether oxygens (including phenoxy) is 2. The second-order valence-corrected chi connectivity index (χ2v) is 9.50. The van der Waals surface area contributed by atoms with Crippen molar-refractivity contribution in [2.24, 2.45) is 0 Å². The molecular weight excluding hydrogens is 422 g/mol. The van der Waals surface area contributed by atoms with Crippen LogP contribution in [-0.2, 0) is 37.4 Å². The number of carbonyl (C=O) groups excluding carboxylic acids is 2. The third kappa shape index (κ3) is 9.52. The van der Waals surface area contributed by atoms with Gasteiger partial charge < -0.3 is 19.0 Å². The second-order valence-electron chi connectivity index (χ2n) is 7.93. The molecule has 0 aliphatic heterocycles. The third-order valence-electron chi connectivity index (χ3n) is 3.81. The molecule has 2 aromatic carbocycles. The van der Waals surface area contributed by atoms with Gasteiger partial charge in [-0.2, -0.15) is 8.42 Å². The van der Waals surface area contributed by atoms with E-state index in [0.29, 0.717) is 5.56 Å². The molecule has 0 fully saturated rings. The molecule has 0 heterocycles. The predicted molar refractivity (Wildman–Crippen MR) is 115 cm³/mol. The van der Waals surface area contributed by atoms with Gasteiger partial charge in [-0.1, -0.05) is 42.5 Å². The van der Waals surface area contributed by atoms with Crippen molar-refractivity contribution in [3.05, 3.63) is 65.7 Å². The van der Waals surface area contributed by atoms with Gasteiger partial charge in [-0.15, -0.1) is 0 Å². The van der Waals surface area contributed by atoms with E-state index >= 15 is 0 Å². The van der Waals surface area contributed by atoms with Crippen molar-refractivity contribution >= 4 is 22.2 Å². The van der Waals surface area contributed by atoms with E-state index in [1.165, 1.54) is 12.1 Å². The smallest absolute Gasteiger partial charge is 0.408 e. The molecule has 0 aliphatic rings. The molecule has 1 N–H and O–H groups in total. The number of amides is 1. The van der Waals surface area contributed by atoms with Crippen LogP contribution in [0.25, 0.3) is 0 Å². The fourth-order valence-electron chi connectivity index (χ4n) is 2.56. The van der Waals surface area contributed by atoms with Crippen LogP contribution < -0.4 is 9.50 Å². The van der Waals surface area contributed by atoms with Gasteiger partial charge >= 0.3 is 22.2 Å². The molecule has 0 saturated carbocycles. The van der Waals surface area contributed by atoms with Gasteiger partial charge in [-0.3, -0.25) is 0 Å². The Morgan fingerprint density at radius 3 is 2.13 bits per heavy atom. The number of hydrogen-bond acceptors (Lipinski definition) is 7. The molecule has 1 atom stereocenters. The van der Waals surface area contributed by atoms with Crippen molar-refractivity contribution in [3.63, 3.8) is 0 Å². The Hall–Kier alpha value is -3.07. The third-order valence-corrected chi connectivity index (χ3v) is 4.30. The quantitative estimate of drug-likeness (QED) is 0.487. The Balaban J connectivity index is 2.07. The molecule has 2 aromatic rings. The number of nitrogens with one attached hydrogen (secondary N) is 1. The van der Waals surface area contributed by atoms with E-state index in [1.54, 1.807) is 32.9 Å². The molecule has 0 saturated heterocycles. The molecule has 0 aromatic heterocycles. The standard InChI is InChI=1S/C22H27NO7S/c1-22(2,3)29-20(24)19(23-21(25)28-15-17-8-6-5-7-9-17)14-16-10-12-18(13-11-16)30-31(4,26)27/h5-13,19H,14-15H2,1-4H3,(H,23,25)/t19-/m0/s1. The number of esters is 1. The molecule has 31 heavy (non-hydrogen) atoms. The molecule has 0 spiro atoms. The number of carbonyl (C=O) groups is 2. The van der Waals surface area contributed by atoms with Crippen LogP contribution in [0.15, 0.2) is 54.6 Å². The lowest BCUT2D eigenvalue weighted by molar-refractivity contribution is -0.157. The minimum absolute atomic E-state index is 0.0608. The summed E-state index contributed by atoms with van der Waals surface area (Å²) >= 11 is 0. The van der Waals surface area contributed by atoms with Gasteiger partial charge in [-0.05, 0) is 44.0 Å². The normalized spacial score (nSPS) is 12.5. The van der Waals surface area contributed by atoms with Crippen molar-refractivity contribution in [1.82, 2.24) is 5.32 Å². The highest BCUT2D eigenvalue weighted by atomic mass is 32.2. The number of hydrogen-bond donors (Lipinski definition) is 1. The summed E-state index contributed by atoms with van der Waals surface area (Å²) in [6.45, 7) is 5.25. The Kier molecular flexibility index (Phi) is 8.04. The second kappa shape index (κ2) is 10.3. The first-order valence-corrected chi connectivity index (χ1v) is 11.4. The monoisotopic (exact) mass is 449 g/mol. The van der Waals surface area contributed by atoms with Crippen molar-refractivity contribution in [2.75, 3.05) is 6.26 Å². The summed E-state index contributed by atoms with van der Waals surface area (Å²) in [5.41, 5.74) is 0.742. The van der Waals surface area contributed by atoms with Crippen molar-refractivity contribution in [2.45, 2.75) is 45.4 Å². The fourth-order valence-corrected chi connectivity index (χ4v) is 3.03. The maximum atomic E-state index is 12.6. The lowest BCUT2D eigenvalue weighted by atomic mass is 10.1. The average Bonchev–Trinajstić information content (AvgIpc) is 2.65. The van der Waals surface area contributed by atoms with Crippen LogP contribution >= 0.6 is 0 Å². The van der Waals surface area contributed by atoms with Crippen LogP contribution in [0.5, 0.6) is 5.75 Å². The molecule has 9 heteroatoms. The summed E-state index contributed by atoms with van der Waals surface area (Å²) < 4.78 is 37.9. The summed E-state index contributed by atoms with van der Waals surface area (Å²) in [5, 5.41) is 2.55. The van der Waals surface area contributed by atoms with Gasteiger partial charge in [0.05, 0.1) is 6.26 Å². The zero-order valence-electron chi connectivity index (χ0n) is 18.0. The van der Waals surface area contributed by atoms with Crippen LogP contribution in [0.2, 0.25) is 0 Å². The van der Waals surface area contributed by atoms with E-state index in [4.69, 9.17) is 13.7 Å². The minimum atomic E-state index is -3.64. The highest BCUT2D eigenvalue weighted by Gasteiger charge is 2.27. The van der Waals surface area contributed by atoms with Crippen LogP contribution in [0.3, 0.4) is 0 Å². The minimum Gasteiger partial charge on any atom is -0.458 e. The zero-order valence-corrected chi connectivity index (χ0v) is 18.8. The fraction of sp³-hybridized carbons (Fsp3) is 0.364. The van der Waals surface area contributed by atoms with Crippen molar-refractivity contribution in [1.29, 1.82) is 0 Å². The molecule has 0 unspecified atom stereocenters. The Bertz CT molecular complexity index is 981. The molecule has 2 rings (SSSR count). The Labute approximate surface area is 182 Å². The van der Waals surface area contributed by atoms with Crippen LogP contribution in [-0.4, -0.2) is 38.4 Å². The van der Waals surface area contributed by atoms with Gasteiger partial charge in [0.2, 0.25) is 0 Å². The maximum absolute atomic E-state index is 12.6. The maximum Gasteiger partial charge on any atom is 0.408 e. The highest BCUT2D eigenvalue weighted by Crippen LogP contribution is 2.17. The van der Waals surface area contributed by atoms with E-state index in [-0.39, 0.29) is 18.8 Å². The van der Waals surface area contributed by atoms with Crippen LogP contribution in [0.1, 0.15) is 31.9 Å². The summed E-state index contributed by atoms with van der Waals surface area (Å²) in [4.78, 5) is 24.9. The molecule has 0 aliphatic carbocycles. The predicted octanol–water partition coefficient (Wildman–Crippen LogP) is 3.20. The Morgan fingerprint density at radius 2 is 1.58 bits per heavy atom. The van der Waals surface area contributed by atoms with Crippen molar-refractivity contribution < 1.29 is 31.7 Å². The summed E-state index contributed by atoms with van der Waals surface area (Å²) in [6.07, 6.45) is 0.315. The van der Waals surface area contributed by atoms with Gasteiger partial charge in [0.1, 0.15) is 24.0 Å². The number of rotatable bonds is 8. The van der Waals surface area contributed by atoms with E-state index < -0.39 is 33.8 Å². The summed E-state index contributed by atoms with van der Waals surface area (Å²) in [7, 11) is -3.64. The molecule has 1 amide bonds. The average molecular weight is 450 g/mol. The van der Waals surface area contributed by atoms with E-state index in [9.17, 15) is 18.0 Å². The molecule has 0 bridgehead atoms. The molecule has 8 nitrogen and oxygen atoms in total. The van der Waals surface area contributed by atoms with Gasteiger partial charge in [-0.25, -0.2) is 9.59 Å². The van der Waals surface area contributed by atoms with Crippen LogP contribution in [0, 0.1) is 0 Å². The number of alkyl carbamates (subject to hydrolysis) is 1. The van der Waals surface area contributed by atoms with Gasteiger partial charge in [0.15, 0.2) is 0 Å². The summed E-state index contributed by atoms with van der Waals surface area (Å²) in [6, 6.07) is 14.3.